The maximum Gasteiger partial charge on any atom is 0.410 e. The van der Waals surface area contributed by atoms with Crippen molar-refractivity contribution < 1.29 is 46.1 Å². The van der Waals surface area contributed by atoms with E-state index in [1.807, 2.05) is 0 Å². The Morgan fingerprint density at radius 3 is 2.47 bits per heavy atom. The molecule has 36 heavy (non-hydrogen) atoms. The molecule has 4 rings (SSSR count). The van der Waals surface area contributed by atoms with Gasteiger partial charge in [-0.2, -0.15) is 9.40 Å². The molecular weight excluding hydrogens is 506 g/mol. The second-order valence-electron chi connectivity index (χ2n) is 8.34. The normalized spacial score (nSPS) is 22.0. The van der Waals surface area contributed by atoms with E-state index in [2.05, 4.69) is 5.10 Å². The van der Waals surface area contributed by atoms with Crippen LogP contribution >= 0.6 is 0 Å². The van der Waals surface area contributed by atoms with E-state index in [1.165, 1.54) is 29.1 Å². The molecule has 0 radical (unpaired) electrons. The topological polar surface area (TPSA) is 140 Å². The molecule has 2 fully saturated rings. The smallest absolute Gasteiger partial charge is 0.410 e. The number of sulfonamides is 1. The summed E-state index contributed by atoms with van der Waals surface area (Å²) in [6, 6.07) is -2.24. The number of carbonyl (C=O) groups excluding carboxylic acids is 1. The molecule has 12 nitrogen and oxygen atoms in total. The molecule has 1 aromatic heterocycles. The highest BCUT2D eigenvalue weighted by Gasteiger charge is 2.55. The van der Waals surface area contributed by atoms with Crippen LogP contribution in [-0.2, 0) is 31.3 Å². The molecule has 0 saturated carbocycles. The third kappa shape index (κ3) is 4.73. The zero-order valence-corrected chi connectivity index (χ0v) is 20.2. The Morgan fingerprint density at radius 2 is 1.89 bits per heavy atom. The fourth-order valence-electron chi connectivity index (χ4n) is 4.51. The molecule has 15 heteroatoms. The Kier molecular flexibility index (Phi) is 7.15. The molecule has 3 heterocycles. The number of hydrogen-bond acceptors (Lipinski definition) is 8. The Balaban J connectivity index is 1.62. The molecule has 2 bridgehead atoms. The largest absolute Gasteiger partial charge is 0.480 e. The highest BCUT2D eigenvalue weighted by molar-refractivity contribution is 7.89. The predicted octanol–water partition coefficient (Wildman–Crippen LogP) is 1.56. The SMILES string of the molecule is COCCOC(=O)N1[C@@H]2CC[C@H]1[C@H](C(=O)O)N(S(=O)(=O)c1cc(F)c(Oc3cnn(C)c3)c(F)c1)C2. The number of nitrogens with zero attached hydrogens (tertiary/aromatic N) is 4. The number of hydrogen-bond donors (Lipinski definition) is 1. The third-order valence-electron chi connectivity index (χ3n) is 6.07. The van der Waals surface area contributed by atoms with Crippen molar-refractivity contribution in [3.05, 3.63) is 36.2 Å². The highest BCUT2D eigenvalue weighted by atomic mass is 32.2. The van der Waals surface area contributed by atoms with Gasteiger partial charge in [-0.25, -0.2) is 22.0 Å². The number of fused-ring (bicyclic) bond motifs is 2. The first kappa shape index (κ1) is 25.8. The number of carbonyl (C=O) groups is 2. The first-order chi connectivity index (χ1) is 17.0. The second kappa shape index (κ2) is 9.99. The van der Waals surface area contributed by atoms with Crippen LogP contribution in [0, 0.1) is 11.6 Å². The molecule has 0 unspecified atom stereocenters. The van der Waals surface area contributed by atoms with Crippen LogP contribution in [0.1, 0.15) is 12.8 Å². The summed E-state index contributed by atoms with van der Waals surface area (Å²) in [6.45, 7) is -0.307. The van der Waals surface area contributed by atoms with E-state index in [9.17, 15) is 31.9 Å². The number of aliphatic carboxylic acids is 1. The van der Waals surface area contributed by atoms with Gasteiger partial charge in [0.1, 0.15) is 12.6 Å². The van der Waals surface area contributed by atoms with Crippen LogP contribution in [0.4, 0.5) is 13.6 Å². The van der Waals surface area contributed by atoms with E-state index in [0.717, 1.165) is 0 Å². The fourth-order valence-corrected chi connectivity index (χ4v) is 6.18. The summed E-state index contributed by atoms with van der Waals surface area (Å²) in [5.74, 6) is -4.90. The zero-order valence-electron chi connectivity index (χ0n) is 19.3. The van der Waals surface area contributed by atoms with Crippen LogP contribution in [0.25, 0.3) is 0 Å². The van der Waals surface area contributed by atoms with E-state index in [-0.39, 0.29) is 31.9 Å². The van der Waals surface area contributed by atoms with Crippen molar-refractivity contribution in [3.8, 4) is 11.5 Å². The van der Waals surface area contributed by atoms with Crippen molar-refractivity contribution in [2.45, 2.75) is 35.9 Å². The monoisotopic (exact) mass is 530 g/mol. The standard InChI is InChI=1S/C21H24F2N4O8S/c1-25-11-13(9-24-25)35-19-15(22)7-14(8-16(19)23)36(31,32)26-10-12-3-4-17(18(26)20(28)29)27(12)21(30)34-6-5-33-2/h7-9,11-12,17-18H,3-6,10H2,1-2H3,(H,28,29)/t12-,17+,18-/m1/s1. The average Bonchev–Trinajstić information content (AvgIpc) is 3.36. The van der Waals surface area contributed by atoms with Gasteiger partial charge >= 0.3 is 12.1 Å². The number of benzene rings is 1. The Labute approximate surface area is 205 Å². The van der Waals surface area contributed by atoms with Crippen molar-refractivity contribution in [2.75, 3.05) is 26.9 Å². The molecule has 2 saturated heterocycles. The van der Waals surface area contributed by atoms with Crippen molar-refractivity contribution in [3.63, 3.8) is 0 Å². The lowest BCUT2D eigenvalue weighted by atomic mass is 10.1. The van der Waals surface area contributed by atoms with Gasteiger partial charge in [-0.05, 0) is 25.0 Å². The van der Waals surface area contributed by atoms with Gasteiger partial charge in [0.05, 0.1) is 29.9 Å². The lowest BCUT2D eigenvalue weighted by Gasteiger charge is -2.43. The molecule has 0 spiro atoms. The number of ether oxygens (including phenoxy) is 3. The van der Waals surface area contributed by atoms with Gasteiger partial charge < -0.3 is 19.3 Å². The van der Waals surface area contributed by atoms with Crippen molar-refractivity contribution in [1.82, 2.24) is 19.0 Å². The zero-order chi connectivity index (χ0) is 26.2. The van der Waals surface area contributed by atoms with Gasteiger partial charge in [0.15, 0.2) is 23.1 Å². The van der Waals surface area contributed by atoms with Crippen molar-refractivity contribution >= 4 is 22.1 Å². The van der Waals surface area contributed by atoms with Gasteiger partial charge in [0, 0.05) is 26.7 Å². The molecule has 3 atom stereocenters. The molecule has 2 aliphatic heterocycles. The van der Waals surface area contributed by atoms with Gasteiger partial charge in [0.25, 0.3) is 0 Å². The first-order valence-electron chi connectivity index (χ1n) is 10.9. The lowest BCUT2D eigenvalue weighted by Crippen LogP contribution is -2.64. The molecular formula is C21H24F2N4O8S. The number of halogens is 2. The number of rotatable bonds is 8. The van der Waals surface area contributed by atoms with Crippen LogP contribution in [0.15, 0.2) is 29.4 Å². The van der Waals surface area contributed by atoms with E-state index in [1.54, 1.807) is 7.05 Å². The lowest BCUT2D eigenvalue weighted by molar-refractivity contribution is -0.145. The Morgan fingerprint density at radius 1 is 1.19 bits per heavy atom. The van der Waals surface area contributed by atoms with E-state index < -0.39 is 62.5 Å². The van der Waals surface area contributed by atoms with Gasteiger partial charge in [0.2, 0.25) is 10.0 Å². The minimum Gasteiger partial charge on any atom is -0.480 e. The Hall–Kier alpha value is -3.30. The minimum absolute atomic E-state index is 0.0296. The van der Waals surface area contributed by atoms with Gasteiger partial charge in [-0.3, -0.25) is 14.4 Å². The highest BCUT2D eigenvalue weighted by Crippen LogP contribution is 2.39. The summed E-state index contributed by atoms with van der Waals surface area (Å²) >= 11 is 0. The number of aromatic nitrogens is 2. The van der Waals surface area contributed by atoms with E-state index >= 15 is 0 Å². The van der Waals surface area contributed by atoms with Gasteiger partial charge in [-0.1, -0.05) is 0 Å². The van der Waals surface area contributed by atoms with Crippen LogP contribution < -0.4 is 4.74 Å². The molecule has 1 amide bonds. The number of piperazine rings is 1. The maximum atomic E-state index is 14.8. The summed E-state index contributed by atoms with van der Waals surface area (Å²) < 4.78 is 73.5. The number of carboxylic acids is 1. The van der Waals surface area contributed by atoms with Crippen LogP contribution in [0.3, 0.4) is 0 Å². The predicted molar refractivity (Wildman–Crippen MR) is 117 cm³/mol. The van der Waals surface area contributed by atoms with Crippen molar-refractivity contribution in [1.29, 1.82) is 0 Å². The van der Waals surface area contributed by atoms with Crippen LogP contribution in [-0.4, -0.2) is 89.6 Å². The molecule has 1 N–H and O–H groups in total. The van der Waals surface area contributed by atoms with E-state index in [0.29, 0.717) is 22.9 Å². The summed E-state index contributed by atoms with van der Waals surface area (Å²) in [5.41, 5.74) is 0. The summed E-state index contributed by atoms with van der Waals surface area (Å²) in [7, 11) is -1.69. The minimum atomic E-state index is -4.68. The second-order valence-corrected chi connectivity index (χ2v) is 10.2. The van der Waals surface area contributed by atoms with Crippen LogP contribution in [0.2, 0.25) is 0 Å². The summed E-state index contributed by atoms with van der Waals surface area (Å²) in [5, 5.41) is 13.7. The van der Waals surface area contributed by atoms with E-state index in [4.69, 9.17) is 14.2 Å². The average molecular weight is 531 g/mol. The maximum absolute atomic E-state index is 14.8. The number of amides is 1. The summed E-state index contributed by atoms with van der Waals surface area (Å²) in [4.78, 5) is 25.2. The van der Waals surface area contributed by atoms with Gasteiger partial charge in [-0.15, -0.1) is 0 Å². The molecule has 2 aliphatic rings. The van der Waals surface area contributed by atoms with Crippen LogP contribution in [0.5, 0.6) is 11.5 Å². The Bertz CT molecular complexity index is 1250. The van der Waals surface area contributed by atoms with Crippen molar-refractivity contribution in [2.24, 2.45) is 7.05 Å². The summed E-state index contributed by atoms with van der Waals surface area (Å²) in [6.07, 6.45) is 2.35. The number of carboxylic acid groups (broad SMARTS) is 1. The molecule has 2 aromatic rings. The molecule has 1 aromatic carbocycles. The number of methoxy groups -OCH3 is 1. The quantitative estimate of drug-likeness (QED) is 0.504. The third-order valence-corrected chi connectivity index (χ3v) is 7.89. The molecule has 196 valence electrons. The molecule has 0 aliphatic carbocycles. The fraction of sp³-hybridized carbons (Fsp3) is 0.476. The first-order valence-corrected chi connectivity index (χ1v) is 12.3. The number of aryl methyl sites for hydroxylation is 1.